The molecule has 1 fully saturated rings. The molecule has 1 atom stereocenters. The maximum absolute atomic E-state index is 12.9. The smallest absolute Gasteiger partial charge is 0.260 e. The third-order valence-corrected chi connectivity index (χ3v) is 5.42. The molecule has 1 aliphatic heterocycles. The third kappa shape index (κ3) is 3.92. The predicted molar refractivity (Wildman–Crippen MR) is 105 cm³/mol. The van der Waals surface area contributed by atoms with E-state index in [4.69, 9.17) is 10.5 Å². The average Bonchev–Trinajstić information content (AvgIpc) is 2.86. The molecule has 0 saturated heterocycles. The number of likely N-dealkylation sites (N-methyl/N-ethyl adjacent to an activating group) is 1. The Balaban J connectivity index is 1.78. The van der Waals surface area contributed by atoms with Gasteiger partial charge in [0, 0.05) is 7.05 Å². The SMILES string of the molecule is CC=Cc1cccc(OCC2(CC3CCCCC3)N=C(N)N(C)C2=O)c1. The molecular weight excluding hydrogens is 326 g/mol. The Kier molecular flexibility index (Phi) is 5.64. The monoisotopic (exact) mass is 355 g/mol. The topological polar surface area (TPSA) is 67.9 Å². The molecule has 1 aromatic carbocycles. The molecule has 3 rings (SSSR count). The van der Waals surface area contributed by atoms with E-state index in [0.29, 0.717) is 12.3 Å². The molecule has 5 heteroatoms. The summed E-state index contributed by atoms with van der Waals surface area (Å²) in [7, 11) is 1.69. The van der Waals surface area contributed by atoms with E-state index in [1.165, 1.54) is 24.2 Å². The van der Waals surface area contributed by atoms with Crippen LogP contribution in [0.15, 0.2) is 35.3 Å². The Morgan fingerprint density at radius 1 is 1.35 bits per heavy atom. The van der Waals surface area contributed by atoms with Crippen LogP contribution in [-0.4, -0.2) is 36.0 Å². The number of amides is 1. The van der Waals surface area contributed by atoms with Crippen molar-refractivity contribution in [3.8, 4) is 5.75 Å². The summed E-state index contributed by atoms with van der Waals surface area (Å²) in [5, 5.41) is 0. The van der Waals surface area contributed by atoms with Crippen LogP contribution in [0.2, 0.25) is 0 Å². The van der Waals surface area contributed by atoms with Gasteiger partial charge in [0.15, 0.2) is 11.5 Å². The normalized spacial score (nSPS) is 24.3. The van der Waals surface area contributed by atoms with Gasteiger partial charge in [-0.2, -0.15) is 0 Å². The number of rotatable bonds is 6. The van der Waals surface area contributed by atoms with E-state index in [2.05, 4.69) is 4.99 Å². The summed E-state index contributed by atoms with van der Waals surface area (Å²) in [6, 6.07) is 7.87. The van der Waals surface area contributed by atoms with Crippen molar-refractivity contribution < 1.29 is 9.53 Å². The maximum atomic E-state index is 12.9. The van der Waals surface area contributed by atoms with Gasteiger partial charge < -0.3 is 10.5 Å². The zero-order chi connectivity index (χ0) is 18.6. The van der Waals surface area contributed by atoms with Gasteiger partial charge in [-0.1, -0.05) is 56.4 Å². The number of allylic oxidation sites excluding steroid dienone is 1. The molecule has 0 radical (unpaired) electrons. The van der Waals surface area contributed by atoms with E-state index < -0.39 is 5.54 Å². The number of nitrogens with two attached hydrogens (primary N) is 1. The Morgan fingerprint density at radius 2 is 2.12 bits per heavy atom. The van der Waals surface area contributed by atoms with Crippen LogP contribution >= 0.6 is 0 Å². The van der Waals surface area contributed by atoms with Gasteiger partial charge in [0.2, 0.25) is 0 Å². The lowest BCUT2D eigenvalue weighted by Gasteiger charge is -2.31. The fraction of sp³-hybridized carbons (Fsp3) is 0.524. The minimum absolute atomic E-state index is 0.0508. The highest BCUT2D eigenvalue weighted by molar-refractivity contribution is 6.06. The Bertz CT molecular complexity index is 707. The van der Waals surface area contributed by atoms with Crippen molar-refractivity contribution in [2.24, 2.45) is 16.6 Å². The van der Waals surface area contributed by atoms with Crippen molar-refractivity contribution in [3.63, 3.8) is 0 Å². The molecule has 1 aliphatic carbocycles. The Labute approximate surface area is 155 Å². The van der Waals surface area contributed by atoms with Gasteiger partial charge in [-0.25, -0.2) is 4.99 Å². The van der Waals surface area contributed by atoms with E-state index in [1.807, 2.05) is 43.3 Å². The average molecular weight is 355 g/mol. The highest BCUT2D eigenvalue weighted by atomic mass is 16.5. The van der Waals surface area contributed by atoms with Crippen LogP contribution < -0.4 is 10.5 Å². The van der Waals surface area contributed by atoms with Crippen molar-refractivity contribution in [2.45, 2.75) is 51.0 Å². The molecule has 1 aromatic rings. The Hall–Kier alpha value is -2.30. The maximum Gasteiger partial charge on any atom is 0.260 e. The predicted octanol–water partition coefficient (Wildman–Crippen LogP) is 3.59. The van der Waals surface area contributed by atoms with E-state index in [0.717, 1.165) is 24.2 Å². The van der Waals surface area contributed by atoms with Crippen molar-refractivity contribution in [1.29, 1.82) is 0 Å². The molecule has 5 nitrogen and oxygen atoms in total. The summed E-state index contributed by atoms with van der Waals surface area (Å²) >= 11 is 0. The van der Waals surface area contributed by atoms with Crippen LogP contribution in [0.5, 0.6) is 5.75 Å². The van der Waals surface area contributed by atoms with Crippen molar-refractivity contribution in [2.75, 3.05) is 13.7 Å². The van der Waals surface area contributed by atoms with E-state index in [-0.39, 0.29) is 18.5 Å². The first-order valence-corrected chi connectivity index (χ1v) is 9.53. The number of nitrogens with zero attached hydrogens (tertiary/aromatic N) is 2. The zero-order valence-corrected chi connectivity index (χ0v) is 15.8. The third-order valence-electron chi connectivity index (χ3n) is 5.42. The van der Waals surface area contributed by atoms with Gasteiger partial charge in [-0.05, 0) is 37.0 Å². The number of hydrogen-bond acceptors (Lipinski definition) is 4. The summed E-state index contributed by atoms with van der Waals surface area (Å²) < 4.78 is 6.04. The number of benzene rings is 1. The quantitative estimate of drug-likeness (QED) is 0.848. The van der Waals surface area contributed by atoms with Gasteiger partial charge in [0.05, 0.1) is 0 Å². The second-order valence-corrected chi connectivity index (χ2v) is 7.44. The van der Waals surface area contributed by atoms with Gasteiger partial charge >= 0.3 is 0 Å². The minimum Gasteiger partial charge on any atom is -0.490 e. The highest BCUT2D eigenvalue weighted by Crippen LogP contribution is 2.36. The summed E-state index contributed by atoms with van der Waals surface area (Å²) in [5.41, 5.74) is 6.15. The van der Waals surface area contributed by atoms with Gasteiger partial charge in [-0.15, -0.1) is 0 Å². The lowest BCUT2D eigenvalue weighted by Crippen LogP contribution is -2.47. The van der Waals surface area contributed by atoms with Crippen LogP contribution in [0.25, 0.3) is 6.08 Å². The number of aliphatic imine (C=N–C) groups is 1. The second-order valence-electron chi connectivity index (χ2n) is 7.44. The summed E-state index contributed by atoms with van der Waals surface area (Å²) in [4.78, 5) is 19.0. The first kappa shape index (κ1) is 18.5. The lowest BCUT2D eigenvalue weighted by molar-refractivity contribution is -0.132. The van der Waals surface area contributed by atoms with Crippen LogP contribution in [0.1, 0.15) is 51.0 Å². The molecule has 140 valence electrons. The van der Waals surface area contributed by atoms with E-state index in [1.54, 1.807) is 7.05 Å². The fourth-order valence-electron chi connectivity index (χ4n) is 4.02. The number of carbonyl (C=O) groups is 1. The minimum atomic E-state index is -0.891. The Morgan fingerprint density at radius 3 is 2.77 bits per heavy atom. The summed E-state index contributed by atoms with van der Waals surface area (Å²) in [5.74, 6) is 1.50. The second kappa shape index (κ2) is 7.94. The van der Waals surface area contributed by atoms with Crippen LogP contribution in [0, 0.1) is 5.92 Å². The van der Waals surface area contributed by atoms with Crippen molar-refractivity contribution in [3.05, 3.63) is 35.9 Å². The van der Waals surface area contributed by atoms with Gasteiger partial charge in [0.1, 0.15) is 12.4 Å². The number of carbonyl (C=O) groups excluding carboxylic acids is 1. The molecule has 0 spiro atoms. The molecule has 1 saturated carbocycles. The lowest BCUT2D eigenvalue weighted by atomic mass is 9.79. The fourth-order valence-corrected chi connectivity index (χ4v) is 4.02. The van der Waals surface area contributed by atoms with Crippen LogP contribution in [0.4, 0.5) is 0 Å². The van der Waals surface area contributed by atoms with Gasteiger partial charge in [0.25, 0.3) is 5.91 Å². The molecule has 0 bridgehead atoms. The van der Waals surface area contributed by atoms with E-state index in [9.17, 15) is 4.79 Å². The first-order valence-electron chi connectivity index (χ1n) is 9.53. The van der Waals surface area contributed by atoms with Crippen molar-refractivity contribution in [1.82, 2.24) is 4.90 Å². The van der Waals surface area contributed by atoms with Crippen LogP contribution in [0.3, 0.4) is 0 Å². The molecule has 2 aliphatic rings. The molecule has 1 heterocycles. The van der Waals surface area contributed by atoms with Crippen molar-refractivity contribution >= 4 is 17.9 Å². The molecule has 0 aromatic heterocycles. The van der Waals surface area contributed by atoms with E-state index >= 15 is 0 Å². The largest absolute Gasteiger partial charge is 0.490 e. The number of guanidine groups is 1. The standard InChI is InChI=1S/C21H29N3O2/c1-3-8-16-11-7-12-18(13-16)26-15-21(14-17-9-5-4-6-10-17)19(25)24(2)20(22)23-21/h3,7-8,11-13,17H,4-6,9-10,14-15H2,1-2H3,(H2,22,23). The molecule has 1 amide bonds. The molecule has 1 unspecified atom stereocenters. The number of hydrogen-bond donors (Lipinski definition) is 1. The zero-order valence-electron chi connectivity index (χ0n) is 15.8. The van der Waals surface area contributed by atoms with Gasteiger partial charge in [-0.3, -0.25) is 9.69 Å². The summed E-state index contributed by atoms with van der Waals surface area (Å²) in [6.45, 7) is 2.21. The summed E-state index contributed by atoms with van der Waals surface area (Å²) in [6.07, 6.45) is 10.8. The van der Waals surface area contributed by atoms with Crippen LogP contribution in [-0.2, 0) is 4.79 Å². The first-order chi connectivity index (χ1) is 12.5. The molecule has 2 N–H and O–H groups in total. The highest BCUT2D eigenvalue weighted by Gasteiger charge is 2.48. The molecular formula is C21H29N3O2. The molecule has 26 heavy (non-hydrogen) atoms. The number of ether oxygens (including phenoxy) is 1.